The molecule has 0 aliphatic rings. The first kappa shape index (κ1) is 15.7. The maximum Gasteiger partial charge on any atom is 0.179 e. The van der Waals surface area contributed by atoms with E-state index >= 15 is 0 Å². The lowest BCUT2D eigenvalue weighted by atomic mass is 10.2. The second-order valence-electron chi connectivity index (χ2n) is 4.39. The third-order valence-corrected chi connectivity index (χ3v) is 4.68. The van der Waals surface area contributed by atoms with Crippen molar-refractivity contribution in [1.29, 1.82) is 5.26 Å². The van der Waals surface area contributed by atoms with Crippen molar-refractivity contribution < 1.29 is 8.42 Å². The topological polar surface area (TPSA) is 61.2 Å². The van der Waals surface area contributed by atoms with E-state index in [1.165, 1.54) is 6.07 Å². The lowest BCUT2D eigenvalue weighted by Gasteiger charge is -2.19. The zero-order valence-electron chi connectivity index (χ0n) is 11.5. The highest BCUT2D eigenvalue weighted by Crippen LogP contribution is 2.13. The first-order valence-electron chi connectivity index (χ1n) is 6.48. The lowest BCUT2D eigenvalue weighted by molar-refractivity contribution is 0.305. The van der Waals surface area contributed by atoms with Crippen LogP contribution >= 0.6 is 0 Å². The molecule has 4 nitrogen and oxygen atoms in total. The Kier molecular flexibility index (Phi) is 6.00. The van der Waals surface area contributed by atoms with Crippen LogP contribution in [0.2, 0.25) is 0 Å². The Labute approximate surface area is 115 Å². The Morgan fingerprint density at radius 1 is 1.26 bits per heavy atom. The number of hydrogen-bond acceptors (Lipinski definition) is 4. The summed E-state index contributed by atoms with van der Waals surface area (Å²) in [4.78, 5) is 2.35. The Balaban J connectivity index is 2.78. The highest BCUT2D eigenvalue weighted by molar-refractivity contribution is 7.91. The van der Waals surface area contributed by atoms with E-state index in [0.29, 0.717) is 12.1 Å². The van der Waals surface area contributed by atoms with Gasteiger partial charge in [0.15, 0.2) is 9.84 Å². The average molecular weight is 280 g/mol. The van der Waals surface area contributed by atoms with Crippen molar-refractivity contribution in [2.24, 2.45) is 0 Å². The van der Waals surface area contributed by atoms with Crippen molar-refractivity contribution >= 4 is 9.84 Å². The van der Waals surface area contributed by atoms with E-state index in [0.717, 1.165) is 19.5 Å². The maximum atomic E-state index is 12.2. The summed E-state index contributed by atoms with van der Waals surface area (Å²) in [5.74, 6) is 0.0930. The van der Waals surface area contributed by atoms with Gasteiger partial charge in [0.25, 0.3) is 0 Å². The molecule has 0 amide bonds. The van der Waals surface area contributed by atoms with Crippen LogP contribution in [-0.4, -0.2) is 38.7 Å². The minimum absolute atomic E-state index is 0.0930. The van der Waals surface area contributed by atoms with Gasteiger partial charge in [-0.3, -0.25) is 0 Å². The fourth-order valence-corrected chi connectivity index (χ4v) is 3.20. The monoisotopic (exact) mass is 280 g/mol. The van der Waals surface area contributed by atoms with E-state index in [1.807, 2.05) is 13.0 Å². The zero-order valence-corrected chi connectivity index (χ0v) is 12.3. The molecular weight excluding hydrogens is 260 g/mol. The molecule has 0 aliphatic heterocycles. The molecule has 1 rings (SSSR count). The van der Waals surface area contributed by atoms with Crippen molar-refractivity contribution in [1.82, 2.24) is 4.90 Å². The highest BCUT2D eigenvalue weighted by atomic mass is 32.2. The molecule has 0 aromatic heterocycles. The maximum absolute atomic E-state index is 12.2. The number of benzene rings is 1. The molecule has 0 atom stereocenters. The Bertz CT molecular complexity index is 547. The van der Waals surface area contributed by atoms with Gasteiger partial charge < -0.3 is 4.90 Å². The van der Waals surface area contributed by atoms with Crippen LogP contribution in [0.5, 0.6) is 0 Å². The number of nitriles is 1. The molecule has 0 bridgehead atoms. The molecule has 0 saturated heterocycles. The summed E-state index contributed by atoms with van der Waals surface area (Å²) in [5, 5.41) is 8.80. The van der Waals surface area contributed by atoms with E-state index in [2.05, 4.69) is 11.8 Å². The highest BCUT2D eigenvalue weighted by Gasteiger charge is 2.16. The van der Waals surface area contributed by atoms with E-state index in [1.54, 1.807) is 18.2 Å². The lowest BCUT2D eigenvalue weighted by Crippen LogP contribution is -2.30. The summed E-state index contributed by atoms with van der Waals surface area (Å²) in [6.07, 6.45) is 1.01. The quantitative estimate of drug-likeness (QED) is 0.767. The largest absolute Gasteiger partial charge is 0.303 e. The molecule has 0 radical (unpaired) electrons. The molecule has 0 unspecified atom stereocenters. The second kappa shape index (κ2) is 7.27. The van der Waals surface area contributed by atoms with Gasteiger partial charge >= 0.3 is 0 Å². The van der Waals surface area contributed by atoms with Crippen LogP contribution in [0.25, 0.3) is 0 Å². The van der Waals surface area contributed by atoms with Gasteiger partial charge in [-0.15, -0.1) is 0 Å². The van der Waals surface area contributed by atoms with E-state index < -0.39 is 9.84 Å². The van der Waals surface area contributed by atoms with Crippen molar-refractivity contribution in [2.75, 3.05) is 25.4 Å². The Hall–Kier alpha value is -1.38. The van der Waals surface area contributed by atoms with Gasteiger partial charge in [0.05, 0.1) is 22.3 Å². The molecule has 0 spiro atoms. The first-order chi connectivity index (χ1) is 9.03. The molecule has 0 heterocycles. The van der Waals surface area contributed by atoms with Gasteiger partial charge in [0, 0.05) is 6.54 Å². The third kappa shape index (κ3) is 4.66. The summed E-state index contributed by atoms with van der Waals surface area (Å²) in [7, 11) is -3.31. The normalized spacial score (nSPS) is 11.5. The predicted molar refractivity (Wildman–Crippen MR) is 75.6 cm³/mol. The molecule has 5 heteroatoms. The summed E-state index contributed by atoms with van der Waals surface area (Å²) in [6, 6.07) is 8.16. The standard InChI is InChI=1S/C14H20N2O2S/c1-3-8-16(4-2)9-10-19(17,18)14-7-5-6-13(11-14)12-15/h5-7,11H,3-4,8-10H2,1-2H3. The van der Waals surface area contributed by atoms with Gasteiger partial charge in [-0.1, -0.05) is 19.9 Å². The summed E-state index contributed by atoms with van der Waals surface area (Å²) in [5.41, 5.74) is 0.377. The van der Waals surface area contributed by atoms with Gasteiger partial charge in [-0.25, -0.2) is 8.42 Å². The minimum Gasteiger partial charge on any atom is -0.303 e. The van der Waals surface area contributed by atoms with Crippen LogP contribution in [0.1, 0.15) is 25.8 Å². The minimum atomic E-state index is -3.31. The van der Waals surface area contributed by atoms with Gasteiger partial charge in [0.1, 0.15) is 0 Å². The van der Waals surface area contributed by atoms with Crippen LogP contribution in [0.4, 0.5) is 0 Å². The fourth-order valence-electron chi connectivity index (χ4n) is 1.87. The molecule has 0 saturated carbocycles. The predicted octanol–water partition coefficient (Wildman–Crippen LogP) is 2.06. The number of sulfone groups is 1. The zero-order chi connectivity index (χ0) is 14.3. The van der Waals surface area contributed by atoms with Gasteiger partial charge in [-0.2, -0.15) is 5.26 Å². The average Bonchev–Trinajstić information content (AvgIpc) is 2.43. The van der Waals surface area contributed by atoms with Gasteiger partial charge in [-0.05, 0) is 37.7 Å². The smallest absolute Gasteiger partial charge is 0.179 e. The van der Waals surface area contributed by atoms with Crippen LogP contribution in [-0.2, 0) is 9.84 Å². The molecule has 19 heavy (non-hydrogen) atoms. The molecule has 1 aromatic carbocycles. The van der Waals surface area contributed by atoms with Crippen molar-refractivity contribution in [3.63, 3.8) is 0 Å². The Morgan fingerprint density at radius 2 is 2.00 bits per heavy atom. The van der Waals surface area contributed by atoms with Crippen LogP contribution < -0.4 is 0 Å². The Morgan fingerprint density at radius 3 is 2.58 bits per heavy atom. The molecule has 0 aliphatic carbocycles. The van der Waals surface area contributed by atoms with Crippen molar-refractivity contribution in [2.45, 2.75) is 25.2 Å². The number of hydrogen-bond donors (Lipinski definition) is 0. The summed E-state index contributed by atoms with van der Waals surface area (Å²) < 4.78 is 24.4. The van der Waals surface area contributed by atoms with E-state index in [-0.39, 0.29) is 10.6 Å². The second-order valence-corrected chi connectivity index (χ2v) is 6.50. The summed E-state index contributed by atoms with van der Waals surface area (Å²) in [6.45, 7) is 6.39. The third-order valence-electron chi connectivity index (χ3n) is 2.99. The fraction of sp³-hybridized carbons (Fsp3) is 0.500. The van der Waals surface area contributed by atoms with Gasteiger partial charge in [0.2, 0.25) is 0 Å². The van der Waals surface area contributed by atoms with Crippen molar-refractivity contribution in [3.8, 4) is 6.07 Å². The SMILES string of the molecule is CCCN(CC)CCS(=O)(=O)c1cccc(C#N)c1. The van der Waals surface area contributed by atoms with Crippen molar-refractivity contribution in [3.05, 3.63) is 29.8 Å². The number of nitrogens with zero attached hydrogens (tertiary/aromatic N) is 2. The van der Waals surface area contributed by atoms with E-state index in [4.69, 9.17) is 5.26 Å². The summed E-state index contributed by atoms with van der Waals surface area (Å²) >= 11 is 0. The number of rotatable bonds is 7. The van der Waals surface area contributed by atoms with E-state index in [9.17, 15) is 8.42 Å². The van der Waals surface area contributed by atoms with Crippen LogP contribution in [0, 0.1) is 11.3 Å². The van der Waals surface area contributed by atoms with Crippen LogP contribution in [0.15, 0.2) is 29.2 Å². The molecular formula is C14H20N2O2S. The molecule has 104 valence electrons. The molecule has 0 fully saturated rings. The molecule has 1 aromatic rings. The first-order valence-corrected chi connectivity index (χ1v) is 8.14. The molecule has 0 N–H and O–H groups in total. The van der Waals surface area contributed by atoms with Crippen LogP contribution in [0.3, 0.4) is 0 Å².